The number of methoxy groups -OCH3 is 1. The molecule has 26 heavy (non-hydrogen) atoms. The topological polar surface area (TPSA) is 61.4 Å². The van der Waals surface area contributed by atoms with E-state index in [0.29, 0.717) is 5.82 Å². The highest BCUT2D eigenvalue weighted by molar-refractivity contribution is 5.87. The van der Waals surface area contributed by atoms with Crippen molar-refractivity contribution in [3.63, 3.8) is 0 Å². The van der Waals surface area contributed by atoms with Gasteiger partial charge in [0.25, 0.3) is 0 Å². The van der Waals surface area contributed by atoms with Gasteiger partial charge in [-0.1, -0.05) is 30.3 Å². The van der Waals surface area contributed by atoms with Gasteiger partial charge in [0.2, 0.25) is 0 Å². The van der Waals surface area contributed by atoms with Gasteiger partial charge in [0.15, 0.2) is 0 Å². The lowest BCUT2D eigenvalue weighted by molar-refractivity contribution is 0.0514. The Bertz CT molecular complexity index is 855. The third-order valence-electron chi connectivity index (χ3n) is 5.48. The molecule has 1 aromatic heterocycles. The molecule has 2 N–H and O–H groups in total. The normalized spacial score (nSPS) is 17.5. The number of likely N-dealkylation sites (tertiary alicyclic amines) is 1. The van der Waals surface area contributed by atoms with Crippen molar-refractivity contribution in [1.82, 2.24) is 14.9 Å². The zero-order valence-corrected chi connectivity index (χ0v) is 15.1. The van der Waals surface area contributed by atoms with Gasteiger partial charge in [0.05, 0.1) is 7.11 Å². The Morgan fingerprint density at radius 1 is 1.23 bits per heavy atom. The number of aliphatic hydroxyl groups excluding tert-OH is 1. The standard InChI is InChI=1S/C21H25N3O2/c1-26-19-7-6-15-4-2-3-5-17(15)18(19)14-24-12-8-16(9-13-24)20(25)21-22-10-11-23-21/h2-7,10-11,16,20,25H,8-9,12-14H2,1H3,(H,22,23). The summed E-state index contributed by atoms with van der Waals surface area (Å²) in [5.74, 6) is 1.88. The molecule has 1 aliphatic rings. The minimum Gasteiger partial charge on any atom is -0.496 e. The fourth-order valence-corrected chi connectivity index (χ4v) is 3.98. The summed E-state index contributed by atoms with van der Waals surface area (Å²) < 4.78 is 5.62. The zero-order chi connectivity index (χ0) is 17.9. The minimum absolute atomic E-state index is 0.256. The van der Waals surface area contributed by atoms with E-state index in [4.69, 9.17) is 4.74 Å². The summed E-state index contributed by atoms with van der Waals surface area (Å²) >= 11 is 0. The summed E-state index contributed by atoms with van der Waals surface area (Å²) in [5.41, 5.74) is 1.25. The second-order valence-electron chi connectivity index (χ2n) is 7.00. The first-order valence-electron chi connectivity index (χ1n) is 9.20. The molecule has 3 aromatic rings. The second-order valence-corrected chi connectivity index (χ2v) is 7.00. The smallest absolute Gasteiger partial charge is 0.135 e. The molecule has 1 aliphatic heterocycles. The predicted molar refractivity (Wildman–Crippen MR) is 102 cm³/mol. The van der Waals surface area contributed by atoms with Crippen molar-refractivity contribution >= 4 is 10.8 Å². The number of piperidine rings is 1. The molecule has 0 radical (unpaired) electrons. The first kappa shape index (κ1) is 17.1. The van der Waals surface area contributed by atoms with Crippen LogP contribution in [0.15, 0.2) is 48.8 Å². The molecule has 5 nitrogen and oxygen atoms in total. The van der Waals surface area contributed by atoms with Crippen LogP contribution in [-0.4, -0.2) is 40.2 Å². The van der Waals surface area contributed by atoms with Gasteiger partial charge >= 0.3 is 0 Å². The van der Waals surface area contributed by atoms with Crippen molar-refractivity contribution in [1.29, 1.82) is 0 Å². The highest BCUT2D eigenvalue weighted by Crippen LogP contribution is 2.33. The van der Waals surface area contributed by atoms with Gasteiger partial charge < -0.3 is 14.8 Å². The number of aromatic amines is 1. The summed E-state index contributed by atoms with van der Waals surface area (Å²) in [4.78, 5) is 9.68. The number of rotatable bonds is 5. The number of benzene rings is 2. The summed E-state index contributed by atoms with van der Waals surface area (Å²) in [7, 11) is 1.74. The molecule has 1 atom stereocenters. The second kappa shape index (κ2) is 7.48. The highest BCUT2D eigenvalue weighted by Gasteiger charge is 2.28. The lowest BCUT2D eigenvalue weighted by Gasteiger charge is -2.34. The number of aliphatic hydroxyl groups is 1. The number of nitrogens with zero attached hydrogens (tertiary/aromatic N) is 2. The van der Waals surface area contributed by atoms with Gasteiger partial charge in [-0.15, -0.1) is 0 Å². The molecule has 0 aliphatic carbocycles. The fourth-order valence-electron chi connectivity index (χ4n) is 3.98. The van der Waals surface area contributed by atoms with E-state index in [-0.39, 0.29) is 5.92 Å². The summed E-state index contributed by atoms with van der Waals surface area (Å²) in [6, 6.07) is 12.6. The molecule has 2 aromatic carbocycles. The fraction of sp³-hybridized carbons (Fsp3) is 0.381. The molecular weight excluding hydrogens is 326 g/mol. The van der Waals surface area contributed by atoms with Gasteiger partial charge in [-0.3, -0.25) is 4.90 Å². The van der Waals surface area contributed by atoms with Crippen LogP contribution in [0.25, 0.3) is 10.8 Å². The molecule has 0 amide bonds. The van der Waals surface area contributed by atoms with Crippen LogP contribution in [-0.2, 0) is 6.54 Å². The maximum atomic E-state index is 10.5. The molecule has 0 bridgehead atoms. The van der Waals surface area contributed by atoms with Crippen molar-refractivity contribution in [3.05, 3.63) is 60.2 Å². The van der Waals surface area contributed by atoms with E-state index < -0.39 is 6.10 Å². The van der Waals surface area contributed by atoms with Gasteiger partial charge in [0.1, 0.15) is 17.7 Å². The SMILES string of the molecule is COc1ccc2ccccc2c1CN1CCC(C(O)c2ncc[nH]2)CC1. The zero-order valence-electron chi connectivity index (χ0n) is 15.1. The van der Waals surface area contributed by atoms with E-state index in [0.717, 1.165) is 38.2 Å². The number of H-pyrrole nitrogens is 1. The molecule has 0 saturated carbocycles. The molecule has 4 rings (SSSR count). The van der Waals surface area contributed by atoms with E-state index in [2.05, 4.69) is 51.3 Å². The summed E-state index contributed by atoms with van der Waals surface area (Å²) in [6.45, 7) is 2.80. The predicted octanol–water partition coefficient (Wildman–Crippen LogP) is 3.52. The molecule has 1 saturated heterocycles. The third-order valence-corrected chi connectivity index (χ3v) is 5.48. The molecule has 0 spiro atoms. The minimum atomic E-state index is -0.501. The van der Waals surface area contributed by atoms with Gasteiger partial charge in [0, 0.05) is 24.5 Å². The van der Waals surface area contributed by atoms with Gasteiger partial charge in [-0.2, -0.15) is 0 Å². The van der Waals surface area contributed by atoms with E-state index in [1.807, 2.05) is 0 Å². The van der Waals surface area contributed by atoms with Crippen molar-refractivity contribution in [3.8, 4) is 5.75 Å². The quantitative estimate of drug-likeness (QED) is 0.738. The molecule has 1 fully saturated rings. The van der Waals surface area contributed by atoms with E-state index >= 15 is 0 Å². The number of hydrogen-bond acceptors (Lipinski definition) is 4. The number of nitrogens with one attached hydrogen (secondary N) is 1. The number of fused-ring (bicyclic) bond motifs is 1. The molecular formula is C21H25N3O2. The Morgan fingerprint density at radius 2 is 2.04 bits per heavy atom. The Labute approximate surface area is 153 Å². The average Bonchev–Trinajstić information content (AvgIpc) is 3.23. The Hall–Kier alpha value is -2.37. The first-order valence-corrected chi connectivity index (χ1v) is 9.20. The van der Waals surface area contributed by atoms with Crippen LogP contribution in [0.3, 0.4) is 0 Å². The van der Waals surface area contributed by atoms with Crippen LogP contribution in [0.4, 0.5) is 0 Å². The number of hydrogen-bond donors (Lipinski definition) is 2. The third kappa shape index (κ3) is 3.32. The summed E-state index contributed by atoms with van der Waals surface area (Å²) in [6.07, 6.45) is 4.89. The van der Waals surface area contributed by atoms with Crippen LogP contribution in [0, 0.1) is 5.92 Å². The maximum absolute atomic E-state index is 10.5. The van der Waals surface area contributed by atoms with Crippen LogP contribution < -0.4 is 4.74 Å². The summed E-state index contributed by atoms with van der Waals surface area (Å²) in [5, 5.41) is 13.0. The van der Waals surface area contributed by atoms with E-state index in [1.54, 1.807) is 19.5 Å². The number of ether oxygens (including phenoxy) is 1. The van der Waals surface area contributed by atoms with Crippen molar-refractivity contribution in [2.24, 2.45) is 5.92 Å². The van der Waals surface area contributed by atoms with Gasteiger partial charge in [-0.25, -0.2) is 4.98 Å². The monoisotopic (exact) mass is 351 g/mol. The van der Waals surface area contributed by atoms with Crippen molar-refractivity contribution in [2.75, 3.05) is 20.2 Å². The average molecular weight is 351 g/mol. The number of aromatic nitrogens is 2. The van der Waals surface area contributed by atoms with E-state index in [9.17, 15) is 5.11 Å². The number of imidazole rings is 1. The Morgan fingerprint density at radius 3 is 2.77 bits per heavy atom. The molecule has 2 heterocycles. The molecule has 136 valence electrons. The van der Waals surface area contributed by atoms with Gasteiger partial charge in [-0.05, 0) is 48.7 Å². The molecule has 5 heteroatoms. The largest absolute Gasteiger partial charge is 0.496 e. The van der Waals surface area contributed by atoms with Crippen LogP contribution >= 0.6 is 0 Å². The first-order chi connectivity index (χ1) is 12.8. The van der Waals surface area contributed by atoms with Crippen LogP contribution in [0.2, 0.25) is 0 Å². The van der Waals surface area contributed by atoms with Crippen molar-refractivity contribution in [2.45, 2.75) is 25.5 Å². The highest BCUT2D eigenvalue weighted by atomic mass is 16.5. The Balaban J connectivity index is 1.47. The van der Waals surface area contributed by atoms with Crippen molar-refractivity contribution < 1.29 is 9.84 Å². The van der Waals surface area contributed by atoms with E-state index in [1.165, 1.54) is 16.3 Å². The van der Waals surface area contributed by atoms with Crippen LogP contribution in [0.5, 0.6) is 5.75 Å². The molecule has 1 unspecified atom stereocenters. The Kier molecular flexibility index (Phi) is 4.91. The lowest BCUT2D eigenvalue weighted by Crippen LogP contribution is -2.35. The maximum Gasteiger partial charge on any atom is 0.135 e. The lowest BCUT2D eigenvalue weighted by atomic mass is 9.90. The van der Waals surface area contributed by atoms with Crippen LogP contribution in [0.1, 0.15) is 30.3 Å².